The quantitative estimate of drug-likeness (QED) is 0.205. The van der Waals surface area contributed by atoms with E-state index in [-0.39, 0.29) is 30.7 Å². The van der Waals surface area contributed by atoms with Gasteiger partial charge >= 0.3 is 0 Å². The lowest BCUT2D eigenvalue weighted by Crippen LogP contribution is -2.49. The van der Waals surface area contributed by atoms with Crippen molar-refractivity contribution in [1.82, 2.24) is 4.90 Å². The van der Waals surface area contributed by atoms with Crippen LogP contribution >= 0.6 is 31.9 Å². The maximum Gasteiger partial charge on any atom is 0.239 e. The van der Waals surface area contributed by atoms with Crippen LogP contribution in [0.15, 0.2) is 112 Å². The average Bonchev–Trinajstić information content (AvgIpc) is 3.36. The van der Waals surface area contributed by atoms with Crippen LogP contribution in [-0.2, 0) is 39.3 Å². The molecule has 6 rings (SSSR count). The van der Waals surface area contributed by atoms with E-state index in [1.807, 2.05) is 103 Å². The Morgan fingerprint density at radius 1 is 0.675 bits per heavy atom. The van der Waals surface area contributed by atoms with Crippen molar-refractivity contribution in [1.29, 1.82) is 0 Å². The van der Waals surface area contributed by atoms with Gasteiger partial charge in [-0.3, -0.25) is 19.3 Å². The first-order valence-electron chi connectivity index (χ1n) is 13.2. The molecule has 5 nitrogen and oxygen atoms in total. The van der Waals surface area contributed by atoms with Gasteiger partial charge in [-0.2, -0.15) is 0 Å². The van der Waals surface area contributed by atoms with Gasteiger partial charge in [0.25, 0.3) is 0 Å². The van der Waals surface area contributed by atoms with Crippen molar-refractivity contribution >= 4 is 55.3 Å². The molecular weight excluding hydrogens is 632 g/mol. The zero-order chi connectivity index (χ0) is 27.9. The summed E-state index contributed by atoms with van der Waals surface area (Å²) in [5, 5.41) is 0. The molecule has 0 saturated carbocycles. The molecule has 0 bridgehead atoms. The third-order valence-corrected chi connectivity index (χ3v) is 8.98. The number of halogens is 2. The zero-order valence-electron chi connectivity index (χ0n) is 21.6. The lowest BCUT2D eigenvalue weighted by Gasteiger charge is -2.33. The highest BCUT2D eigenvalue weighted by molar-refractivity contribution is 9.10. The molecule has 4 aromatic carbocycles. The lowest BCUT2D eigenvalue weighted by atomic mass is 9.66. The third kappa shape index (κ3) is 4.71. The second-order valence-corrected chi connectivity index (χ2v) is 12.2. The first-order chi connectivity index (χ1) is 19.4. The normalized spacial score (nSPS) is 20.4. The predicted octanol–water partition coefficient (Wildman–Crippen LogP) is 6.81. The predicted molar refractivity (Wildman–Crippen MR) is 161 cm³/mol. The molecule has 0 unspecified atom stereocenters. The van der Waals surface area contributed by atoms with E-state index in [0.29, 0.717) is 13.0 Å². The van der Waals surface area contributed by atoms with Crippen LogP contribution in [0.4, 0.5) is 5.69 Å². The maximum atomic E-state index is 14.8. The molecule has 4 aromatic rings. The molecule has 200 valence electrons. The number of carbonyl (C=O) groups is 3. The molecule has 1 saturated heterocycles. The molecule has 1 fully saturated rings. The van der Waals surface area contributed by atoms with Gasteiger partial charge in [-0.15, -0.1) is 0 Å². The zero-order valence-corrected chi connectivity index (χ0v) is 24.8. The second-order valence-electron chi connectivity index (χ2n) is 10.4. The third-order valence-electron chi connectivity index (χ3n) is 7.96. The molecule has 2 heterocycles. The smallest absolute Gasteiger partial charge is 0.239 e. The summed E-state index contributed by atoms with van der Waals surface area (Å²) >= 11 is 7.09. The van der Waals surface area contributed by atoms with Crippen LogP contribution in [0.25, 0.3) is 0 Å². The van der Waals surface area contributed by atoms with Gasteiger partial charge in [-0.25, -0.2) is 0 Å². The van der Waals surface area contributed by atoms with Crippen molar-refractivity contribution in [3.8, 4) is 0 Å². The topological polar surface area (TPSA) is 57.7 Å². The second kappa shape index (κ2) is 10.8. The summed E-state index contributed by atoms with van der Waals surface area (Å²) in [6.07, 6.45) is 0.296. The van der Waals surface area contributed by atoms with Gasteiger partial charge in [0.15, 0.2) is 0 Å². The fourth-order valence-electron chi connectivity index (χ4n) is 6.05. The Hall–Kier alpha value is -3.55. The Balaban J connectivity index is 1.48. The fourth-order valence-corrected chi connectivity index (χ4v) is 6.66. The number of fused-ring (bicyclic) bond motifs is 1. The van der Waals surface area contributed by atoms with Crippen molar-refractivity contribution in [3.05, 3.63) is 134 Å². The summed E-state index contributed by atoms with van der Waals surface area (Å²) in [4.78, 5) is 45.5. The molecule has 0 N–H and O–H groups in total. The lowest BCUT2D eigenvalue weighted by molar-refractivity contribution is -0.142. The monoisotopic (exact) mass is 656 g/mol. The molecule has 0 spiro atoms. The van der Waals surface area contributed by atoms with E-state index in [4.69, 9.17) is 0 Å². The number of hydrogen-bond acceptors (Lipinski definition) is 3. The minimum absolute atomic E-state index is 0.0113. The molecule has 40 heavy (non-hydrogen) atoms. The van der Waals surface area contributed by atoms with E-state index < -0.39 is 11.3 Å². The fraction of sp³-hybridized carbons (Fsp3) is 0.182. The minimum Gasteiger partial charge on any atom is -0.307 e. The first kappa shape index (κ1) is 26.7. The summed E-state index contributed by atoms with van der Waals surface area (Å²) in [5.41, 5.74) is 3.11. The Morgan fingerprint density at radius 3 is 1.88 bits per heavy atom. The van der Waals surface area contributed by atoms with Gasteiger partial charge in [0, 0.05) is 21.1 Å². The van der Waals surface area contributed by atoms with Crippen molar-refractivity contribution in [3.63, 3.8) is 0 Å². The number of benzene rings is 4. The summed E-state index contributed by atoms with van der Waals surface area (Å²) in [5.74, 6) is -1.52. The van der Waals surface area contributed by atoms with Gasteiger partial charge in [0.1, 0.15) is 0 Å². The number of anilines is 1. The number of hydrogen-bond donors (Lipinski definition) is 0. The van der Waals surface area contributed by atoms with E-state index >= 15 is 0 Å². The molecule has 0 aromatic heterocycles. The molecule has 2 atom stereocenters. The number of likely N-dealkylation sites (tertiary alicyclic amines) is 1. The highest BCUT2D eigenvalue weighted by Gasteiger charge is 2.61. The highest BCUT2D eigenvalue weighted by atomic mass is 79.9. The van der Waals surface area contributed by atoms with Crippen LogP contribution in [0.1, 0.15) is 28.7 Å². The highest BCUT2D eigenvalue weighted by Crippen LogP contribution is 2.52. The van der Waals surface area contributed by atoms with E-state index in [9.17, 15) is 14.4 Å². The number of amides is 3. The van der Waals surface area contributed by atoms with E-state index in [0.717, 1.165) is 36.9 Å². The number of rotatable bonds is 7. The van der Waals surface area contributed by atoms with Crippen LogP contribution in [0.2, 0.25) is 0 Å². The molecule has 0 radical (unpaired) electrons. The SMILES string of the molecule is O=C1C[C@H]([C@]2(Cc3ccc(Br)cc3)C(=O)N(Cc3ccccc3)c3cc(Br)ccc32)C(=O)N1Cc1ccccc1. The van der Waals surface area contributed by atoms with Gasteiger partial charge in [0.2, 0.25) is 17.7 Å². The van der Waals surface area contributed by atoms with E-state index in [1.165, 1.54) is 4.90 Å². The van der Waals surface area contributed by atoms with Gasteiger partial charge < -0.3 is 4.90 Å². The van der Waals surface area contributed by atoms with E-state index in [1.54, 1.807) is 4.90 Å². The molecule has 0 aliphatic carbocycles. The van der Waals surface area contributed by atoms with Crippen LogP contribution in [0.5, 0.6) is 0 Å². The maximum absolute atomic E-state index is 14.8. The van der Waals surface area contributed by atoms with Crippen molar-refractivity contribution in [2.75, 3.05) is 4.90 Å². The Kier molecular flexibility index (Phi) is 7.19. The molecule has 3 amide bonds. The van der Waals surface area contributed by atoms with Crippen LogP contribution in [-0.4, -0.2) is 22.6 Å². The summed E-state index contributed by atoms with van der Waals surface area (Å²) in [6, 6.07) is 33.0. The first-order valence-corrected chi connectivity index (χ1v) is 14.7. The average molecular weight is 658 g/mol. The van der Waals surface area contributed by atoms with Crippen LogP contribution in [0.3, 0.4) is 0 Å². The number of nitrogens with zero attached hydrogens (tertiary/aromatic N) is 2. The van der Waals surface area contributed by atoms with Crippen LogP contribution in [0, 0.1) is 5.92 Å². The summed E-state index contributed by atoms with van der Waals surface area (Å²) < 4.78 is 1.77. The molecule has 2 aliphatic heterocycles. The Bertz CT molecular complexity index is 1590. The summed E-state index contributed by atoms with van der Waals surface area (Å²) in [7, 11) is 0. The summed E-state index contributed by atoms with van der Waals surface area (Å²) in [6.45, 7) is 0.562. The largest absolute Gasteiger partial charge is 0.307 e. The minimum atomic E-state index is -1.23. The van der Waals surface area contributed by atoms with E-state index in [2.05, 4.69) is 31.9 Å². The van der Waals surface area contributed by atoms with Gasteiger partial charge in [-0.1, -0.05) is 111 Å². The Morgan fingerprint density at radius 2 is 1.25 bits per heavy atom. The number of carbonyl (C=O) groups excluding carboxylic acids is 3. The standard InChI is InChI=1S/C33H26Br2N2O3/c34-25-13-11-22(12-14-25)19-33(28-18-30(38)37(31(28)39)21-24-9-5-2-6-10-24)27-16-15-26(35)17-29(27)36(32(33)40)20-23-7-3-1-4-8-23/h1-17,28H,18-21H2/t28-,33+/m0/s1. The van der Waals surface area contributed by atoms with Crippen molar-refractivity contribution < 1.29 is 14.4 Å². The Labute approximate surface area is 250 Å². The van der Waals surface area contributed by atoms with Crippen molar-refractivity contribution in [2.45, 2.75) is 31.3 Å². The number of imide groups is 1. The molecule has 2 aliphatic rings. The molecule has 7 heteroatoms. The van der Waals surface area contributed by atoms with Gasteiger partial charge in [0.05, 0.1) is 24.4 Å². The van der Waals surface area contributed by atoms with Gasteiger partial charge in [-0.05, 0) is 52.9 Å². The molecular formula is C33H26Br2N2O3. The van der Waals surface area contributed by atoms with Crippen molar-refractivity contribution in [2.24, 2.45) is 5.92 Å². The van der Waals surface area contributed by atoms with Crippen LogP contribution < -0.4 is 4.90 Å².